The normalized spacial score (nSPS) is 13.1. The van der Waals surface area contributed by atoms with Crippen molar-refractivity contribution < 1.29 is 29.6 Å². The summed E-state index contributed by atoms with van der Waals surface area (Å²) in [6.07, 6.45) is 2.78. The Morgan fingerprint density at radius 1 is 1.00 bits per heavy atom. The van der Waals surface area contributed by atoms with E-state index in [0.29, 0.717) is 5.57 Å². The molecule has 23 heavy (non-hydrogen) atoms. The molecule has 0 aliphatic carbocycles. The van der Waals surface area contributed by atoms with E-state index in [9.17, 15) is 9.59 Å². The van der Waals surface area contributed by atoms with Gasteiger partial charge in [-0.25, -0.2) is 9.59 Å². The Hall–Kier alpha value is -0.700. The van der Waals surface area contributed by atoms with Gasteiger partial charge in [0, 0.05) is 16.6 Å². The Kier molecular flexibility index (Phi) is 11.7. The summed E-state index contributed by atoms with van der Waals surface area (Å²) < 4.78 is 4.32. The Labute approximate surface area is 153 Å². The van der Waals surface area contributed by atoms with Crippen molar-refractivity contribution in [1.82, 2.24) is 0 Å². The maximum absolute atomic E-state index is 11.9. The highest BCUT2D eigenvalue weighted by Gasteiger charge is 2.41. The van der Waals surface area contributed by atoms with E-state index in [0.717, 1.165) is 0 Å². The number of hydrogen-bond acceptors (Lipinski definition) is 5. The maximum atomic E-state index is 11.9. The summed E-state index contributed by atoms with van der Waals surface area (Å²) in [6.45, 7) is 8.46. The van der Waals surface area contributed by atoms with Gasteiger partial charge in [0.05, 0.1) is 13.2 Å². The molecule has 0 aliphatic rings. The number of ether oxygens (including phenoxy) is 1. The minimum atomic E-state index is -1.03. The van der Waals surface area contributed by atoms with Crippen LogP contribution in [0.2, 0.25) is 0 Å². The van der Waals surface area contributed by atoms with Crippen molar-refractivity contribution in [1.29, 1.82) is 0 Å². The minimum Gasteiger partial charge on any atom is -0.478 e. The van der Waals surface area contributed by atoms with Gasteiger partial charge in [0.2, 0.25) is 3.42 Å². The number of aliphatic hydroxyl groups excluding tert-OH is 2. The molecule has 0 bridgehead atoms. The zero-order chi connectivity index (χ0) is 18.8. The summed E-state index contributed by atoms with van der Waals surface area (Å²) in [6, 6.07) is 0. The molecule has 0 aromatic rings. The zero-order valence-electron chi connectivity index (χ0n) is 13.9. The SMILES string of the molecule is CC(=CC=C(C)C(=O)OC(Br)(Br)C(C)(C)C)C(=O)O.OCCO. The van der Waals surface area contributed by atoms with Crippen LogP contribution in [0, 0.1) is 5.41 Å². The van der Waals surface area contributed by atoms with Crippen LogP contribution in [-0.2, 0) is 14.3 Å². The number of aliphatic carboxylic acids is 1. The Bertz CT molecular complexity index is 459. The summed E-state index contributed by atoms with van der Waals surface area (Å²) >= 11 is 6.62. The average Bonchev–Trinajstić information content (AvgIpc) is 2.42. The highest BCUT2D eigenvalue weighted by Crippen LogP contribution is 2.45. The molecule has 0 spiro atoms. The van der Waals surface area contributed by atoms with E-state index in [4.69, 9.17) is 20.1 Å². The van der Waals surface area contributed by atoms with Gasteiger partial charge in [-0.2, -0.15) is 0 Å². The lowest BCUT2D eigenvalue weighted by Crippen LogP contribution is -2.35. The van der Waals surface area contributed by atoms with Crippen LogP contribution < -0.4 is 0 Å². The molecule has 0 unspecified atom stereocenters. The first-order valence-electron chi connectivity index (χ1n) is 6.71. The van der Waals surface area contributed by atoms with Crippen LogP contribution in [0.5, 0.6) is 0 Å². The summed E-state index contributed by atoms with van der Waals surface area (Å²) in [7, 11) is 0. The first-order valence-corrected chi connectivity index (χ1v) is 8.30. The number of rotatable bonds is 5. The zero-order valence-corrected chi connectivity index (χ0v) is 17.1. The van der Waals surface area contributed by atoms with Crippen molar-refractivity contribution in [2.75, 3.05) is 13.2 Å². The van der Waals surface area contributed by atoms with Crippen LogP contribution in [0.4, 0.5) is 0 Å². The van der Waals surface area contributed by atoms with Gasteiger partial charge in [-0.3, -0.25) is 0 Å². The number of halogens is 2. The standard InChI is InChI=1S/C13H18Br2O4.C2H6O2/c1-8(10(16)17)6-7-9(2)11(18)19-13(14,15)12(3,4)5;3-1-2-4/h6-7H,1-5H3,(H,16,17);3-4H,1-2H2. The van der Waals surface area contributed by atoms with Crippen molar-refractivity contribution in [2.45, 2.75) is 38.0 Å². The molecule has 0 saturated heterocycles. The number of carboxylic acids is 1. The first kappa shape index (κ1) is 24.6. The van der Waals surface area contributed by atoms with Gasteiger partial charge in [-0.05, 0) is 45.7 Å². The van der Waals surface area contributed by atoms with Gasteiger partial charge in [0.15, 0.2) is 0 Å². The van der Waals surface area contributed by atoms with Crippen LogP contribution in [0.1, 0.15) is 34.6 Å². The van der Waals surface area contributed by atoms with Crippen molar-refractivity contribution in [2.24, 2.45) is 5.41 Å². The summed E-state index contributed by atoms with van der Waals surface area (Å²) in [5.74, 6) is -1.56. The molecular formula is C15H24Br2O6. The van der Waals surface area contributed by atoms with Gasteiger partial charge < -0.3 is 20.1 Å². The monoisotopic (exact) mass is 458 g/mol. The first-order chi connectivity index (χ1) is 10.3. The second-order valence-electron chi connectivity index (χ2n) is 5.61. The van der Waals surface area contributed by atoms with Gasteiger partial charge in [0.1, 0.15) is 0 Å². The van der Waals surface area contributed by atoms with Gasteiger partial charge in [-0.1, -0.05) is 32.9 Å². The Morgan fingerprint density at radius 2 is 1.39 bits per heavy atom. The van der Waals surface area contributed by atoms with Crippen LogP contribution in [0.25, 0.3) is 0 Å². The Morgan fingerprint density at radius 3 is 1.70 bits per heavy atom. The molecule has 0 fully saturated rings. The van der Waals surface area contributed by atoms with Gasteiger partial charge in [0.25, 0.3) is 0 Å². The highest BCUT2D eigenvalue weighted by atomic mass is 79.9. The smallest absolute Gasteiger partial charge is 0.335 e. The van der Waals surface area contributed by atoms with Crippen LogP contribution >= 0.6 is 31.9 Å². The molecule has 0 amide bonds. The lowest BCUT2D eigenvalue weighted by Gasteiger charge is -2.33. The molecule has 0 atom stereocenters. The predicted octanol–water partition coefficient (Wildman–Crippen LogP) is 2.97. The summed E-state index contributed by atoms with van der Waals surface area (Å²) in [5.41, 5.74) is 0.107. The number of allylic oxidation sites excluding steroid dienone is 2. The molecule has 0 radical (unpaired) electrons. The van der Waals surface area contributed by atoms with E-state index in [1.54, 1.807) is 6.92 Å². The fourth-order valence-corrected chi connectivity index (χ4v) is 1.03. The third-order valence-corrected chi connectivity index (χ3v) is 5.14. The second-order valence-corrected chi connectivity index (χ2v) is 8.91. The molecule has 0 rings (SSSR count). The number of carbonyl (C=O) groups is 2. The van der Waals surface area contributed by atoms with Crippen molar-refractivity contribution in [3.05, 3.63) is 23.3 Å². The Balaban J connectivity index is 0. The number of hydrogen-bond donors (Lipinski definition) is 3. The molecule has 134 valence electrons. The van der Waals surface area contributed by atoms with Crippen LogP contribution in [0.15, 0.2) is 23.3 Å². The third-order valence-electron chi connectivity index (χ3n) is 2.44. The lowest BCUT2D eigenvalue weighted by molar-refractivity contribution is -0.145. The second kappa shape index (κ2) is 11.0. The van der Waals surface area contributed by atoms with E-state index in [1.807, 2.05) is 20.8 Å². The molecule has 0 aromatic carbocycles. The van der Waals surface area contributed by atoms with E-state index < -0.39 is 15.4 Å². The van der Waals surface area contributed by atoms with Gasteiger partial charge >= 0.3 is 11.9 Å². The molecular weight excluding hydrogens is 436 g/mol. The fourth-order valence-electron chi connectivity index (χ4n) is 0.739. The average molecular weight is 460 g/mol. The number of esters is 1. The van der Waals surface area contributed by atoms with E-state index in [2.05, 4.69) is 31.9 Å². The summed E-state index contributed by atoms with van der Waals surface area (Å²) in [5, 5.41) is 23.9. The maximum Gasteiger partial charge on any atom is 0.335 e. The van der Waals surface area contributed by atoms with E-state index >= 15 is 0 Å². The minimum absolute atomic E-state index is 0.125. The molecule has 0 aromatic heterocycles. The predicted molar refractivity (Wildman–Crippen MR) is 95.5 cm³/mol. The largest absolute Gasteiger partial charge is 0.478 e. The van der Waals surface area contributed by atoms with Crippen LogP contribution in [0.3, 0.4) is 0 Å². The summed E-state index contributed by atoms with van der Waals surface area (Å²) in [4.78, 5) is 22.5. The lowest BCUT2D eigenvalue weighted by atomic mass is 9.98. The molecule has 6 nitrogen and oxygen atoms in total. The quantitative estimate of drug-likeness (QED) is 0.252. The van der Waals surface area contributed by atoms with Crippen molar-refractivity contribution in [3.8, 4) is 0 Å². The van der Waals surface area contributed by atoms with Crippen LogP contribution in [-0.4, -0.2) is 43.9 Å². The number of alkyl halides is 2. The van der Waals surface area contributed by atoms with Crippen molar-refractivity contribution in [3.63, 3.8) is 0 Å². The van der Waals surface area contributed by atoms with E-state index in [-0.39, 0.29) is 24.2 Å². The third kappa shape index (κ3) is 10.6. The molecule has 3 N–H and O–H groups in total. The topological polar surface area (TPSA) is 104 Å². The van der Waals surface area contributed by atoms with Crippen molar-refractivity contribution >= 4 is 43.8 Å². The fraction of sp³-hybridized carbons (Fsp3) is 0.600. The highest BCUT2D eigenvalue weighted by molar-refractivity contribution is 9.25. The number of aliphatic hydroxyl groups is 2. The molecule has 0 aliphatic heterocycles. The number of carboxylic acid groups (broad SMARTS) is 1. The molecule has 0 heterocycles. The molecule has 0 saturated carbocycles. The van der Waals surface area contributed by atoms with Gasteiger partial charge in [-0.15, -0.1) is 0 Å². The van der Waals surface area contributed by atoms with E-state index in [1.165, 1.54) is 19.1 Å². The number of carbonyl (C=O) groups excluding carboxylic acids is 1. The molecule has 8 heteroatoms.